The Morgan fingerprint density at radius 1 is 1.25 bits per heavy atom. The summed E-state index contributed by atoms with van der Waals surface area (Å²) < 4.78 is 0. The van der Waals surface area contributed by atoms with Crippen LogP contribution in [0.4, 0.5) is 0 Å². The Morgan fingerprint density at radius 2 is 1.81 bits per heavy atom. The lowest BCUT2D eigenvalue weighted by Gasteiger charge is -2.23. The van der Waals surface area contributed by atoms with E-state index in [-0.39, 0.29) is 11.2 Å². The first-order valence-electron chi connectivity index (χ1n) is 5.60. The second-order valence-electron chi connectivity index (χ2n) is 5.53. The Bertz CT molecular complexity index is 398. The van der Waals surface area contributed by atoms with Crippen molar-refractivity contribution in [2.24, 2.45) is 0 Å². The Balaban J connectivity index is 3.48. The highest BCUT2D eigenvalue weighted by molar-refractivity contribution is 5.81. The molecule has 0 fully saturated rings. The molecule has 16 heavy (non-hydrogen) atoms. The summed E-state index contributed by atoms with van der Waals surface area (Å²) in [4.78, 5) is 10.9. The Labute approximate surface area is 97.3 Å². The van der Waals surface area contributed by atoms with Gasteiger partial charge in [0.25, 0.3) is 0 Å². The molecule has 0 spiro atoms. The highest BCUT2D eigenvalue weighted by Gasteiger charge is 2.21. The summed E-state index contributed by atoms with van der Waals surface area (Å²) in [6.07, 6.45) is 0.719. The molecule has 0 saturated carbocycles. The maximum Gasteiger partial charge on any atom is 0.153 e. The van der Waals surface area contributed by atoms with Crippen LogP contribution in [0.3, 0.4) is 0 Å². The largest absolute Gasteiger partial charge is 0.507 e. The van der Waals surface area contributed by atoms with Crippen molar-refractivity contribution in [2.75, 3.05) is 0 Å². The fourth-order valence-electron chi connectivity index (χ4n) is 1.67. The molecule has 1 aromatic rings. The highest BCUT2D eigenvalue weighted by atomic mass is 16.3. The zero-order chi connectivity index (χ0) is 12.5. The van der Waals surface area contributed by atoms with Crippen LogP contribution in [-0.4, -0.2) is 11.4 Å². The van der Waals surface area contributed by atoms with Crippen molar-refractivity contribution in [3.05, 3.63) is 28.8 Å². The standard InChI is InChI=1S/C14H20O2/c1-9(2)10-6-11(8-15)13(16)12(7-10)14(3,4)5/h6-9,16H,1-5H3. The summed E-state index contributed by atoms with van der Waals surface area (Å²) in [5.74, 6) is 0.465. The summed E-state index contributed by atoms with van der Waals surface area (Å²) in [5, 5.41) is 10.00. The van der Waals surface area contributed by atoms with E-state index in [1.807, 2.05) is 26.8 Å². The first kappa shape index (κ1) is 12.8. The molecule has 0 aliphatic heterocycles. The quantitative estimate of drug-likeness (QED) is 0.773. The van der Waals surface area contributed by atoms with Gasteiger partial charge in [0.2, 0.25) is 0 Å². The monoisotopic (exact) mass is 220 g/mol. The van der Waals surface area contributed by atoms with Gasteiger partial charge in [-0.15, -0.1) is 0 Å². The molecule has 0 heterocycles. The molecule has 0 amide bonds. The van der Waals surface area contributed by atoms with Crippen molar-refractivity contribution >= 4 is 6.29 Å². The van der Waals surface area contributed by atoms with Crippen LogP contribution in [0.15, 0.2) is 12.1 Å². The molecular formula is C14H20O2. The van der Waals surface area contributed by atoms with E-state index in [1.54, 1.807) is 6.07 Å². The highest BCUT2D eigenvalue weighted by Crippen LogP contribution is 2.35. The minimum Gasteiger partial charge on any atom is -0.507 e. The second-order valence-corrected chi connectivity index (χ2v) is 5.53. The number of hydrogen-bond donors (Lipinski definition) is 1. The zero-order valence-electron chi connectivity index (χ0n) is 10.7. The van der Waals surface area contributed by atoms with Gasteiger partial charge >= 0.3 is 0 Å². The summed E-state index contributed by atoms with van der Waals surface area (Å²) in [6, 6.07) is 3.76. The molecule has 2 heteroatoms. The number of aldehydes is 1. The van der Waals surface area contributed by atoms with E-state index < -0.39 is 0 Å². The Kier molecular flexibility index (Phi) is 3.41. The molecule has 2 nitrogen and oxygen atoms in total. The number of benzene rings is 1. The van der Waals surface area contributed by atoms with Crippen molar-refractivity contribution < 1.29 is 9.90 Å². The fourth-order valence-corrected chi connectivity index (χ4v) is 1.67. The normalized spacial score (nSPS) is 11.9. The van der Waals surface area contributed by atoms with Crippen molar-refractivity contribution in [1.29, 1.82) is 0 Å². The molecule has 0 aromatic heterocycles. The van der Waals surface area contributed by atoms with Crippen molar-refractivity contribution in [3.8, 4) is 5.75 Å². The fraction of sp³-hybridized carbons (Fsp3) is 0.500. The predicted octanol–water partition coefficient (Wildman–Crippen LogP) is 3.63. The third-order valence-electron chi connectivity index (χ3n) is 2.76. The Hall–Kier alpha value is -1.31. The van der Waals surface area contributed by atoms with Gasteiger partial charge in [-0.25, -0.2) is 0 Å². The predicted molar refractivity (Wildman–Crippen MR) is 66.3 cm³/mol. The van der Waals surface area contributed by atoms with Crippen molar-refractivity contribution in [2.45, 2.75) is 46.0 Å². The average molecular weight is 220 g/mol. The second kappa shape index (κ2) is 4.28. The molecule has 88 valence electrons. The molecule has 0 aliphatic rings. The number of carbonyl (C=O) groups excluding carboxylic acids is 1. The zero-order valence-corrected chi connectivity index (χ0v) is 10.7. The van der Waals surface area contributed by atoms with E-state index in [9.17, 15) is 9.90 Å². The number of rotatable bonds is 2. The van der Waals surface area contributed by atoms with E-state index in [2.05, 4.69) is 13.8 Å². The van der Waals surface area contributed by atoms with Gasteiger partial charge < -0.3 is 5.11 Å². The van der Waals surface area contributed by atoms with Crippen molar-refractivity contribution in [3.63, 3.8) is 0 Å². The minimum absolute atomic E-state index is 0.118. The molecule has 0 aliphatic carbocycles. The van der Waals surface area contributed by atoms with Gasteiger partial charge in [0.1, 0.15) is 5.75 Å². The molecule has 1 aromatic carbocycles. The van der Waals surface area contributed by atoms with Crippen LogP contribution in [0.5, 0.6) is 5.75 Å². The minimum atomic E-state index is -0.160. The van der Waals surface area contributed by atoms with Crippen LogP contribution in [0.1, 0.15) is 62.0 Å². The van der Waals surface area contributed by atoms with Gasteiger partial charge in [-0.05, 0) is 23.0 Å². The van der Waals surface area contributed by atoms with E-state index in [1.165, 1.54) is 0 Å². The molecule has 1 N–H and O–H groups in total. The smallest absolute Gasteiger partial charge is 0.153 e. The van der Waals surface area contributed by atoms with Gasteiger partial charge in [-0.1, -0.05) is 40.7 Å². The summed E-state index contributed by atoms with van der Waals surface area (Å²) in [6.45, 7) is 10.2. The lowest BCUT2D eigenvalue weighted by Crippen LogP contribution is -2.13. The van der Waals surface area contributed by atoms with Crippen LogP contribution in [0.25, 0.3) is 0 Å². The molecule has 0 unspecified atom stereocenters. The SMILES string of the molecule is CC(C)c1cc(C=O)c(O)c(C(C)(C)C)c1. The van der Waals surface area contributed by atoms with E-state index in [0.717, 1.165) is 17.4 Å². The van der Waals surface area contributed by atoms with Crippen LogP contribution < -0.4 is 0 Å². The summed E-state index contributed by atoms with van der Waals surface area (Å²) in [5.41, 5.74) is 2.15. The van der Waals surface area contributed by atoms with E-state index in [4.69, 9.17) is 0 Å². The van der Waals surface area contributed by atoms with Gasteiger partial charge in [0, 0.05) is 5.56 Å². The third-order valence-corrected chi connectivity index (χ3v) is 2.76. The maximum atomic E-state index is 10.9. The molecule has 0 bridgehead atoms. The van der Waals surface area contributed by atoms with Gasteiger partial charge in [-0.3, -0.25) is 4.79 Å². The van der Waals surface area contributed by atoms with Gasteiger partial charge in [0.05, 0.1) is 5.56 Å². The molecule has 1 rings (SSSR count). The van der Waals surface area contributed by atoms with E-state index >= 15 is 0 Å². The van der Waals surface area contributed by atoms with E-state index in [0.29, 0.717) is 11.5 Å². The average Bonchev–Trinajstić information content (AvgIpc) is 2.15. The molecule has 0 radical (unpaired) electrons. The van der Waals surface area contributed by atoms with Crippen LogP contribution in [0, 0.1) is 0 Å². The molecular weight excluding hydrogens is 200 g/mol. The first-order valence-corrected chi connectivity index (χ1v) is 5.60. The lowest BCUT2D eigenvalue weighted by molar-refractivity contribution is 0.112. The van der Waals surface area contributed by atoms with Crippen LogP contribution in [0.2, 0.25) is 0 Å². The number of phenols is 1. The topological polar surface area (TPSA) is 37.3 Å². The number of phenolic OH excluding ortho intramolecular Hbond substituents is 1. The Morgan fingerprint density at radius 3 is 2.19 bits per heavy atom. The van der Waals surface area contributed by atoms with Crippen LogP contribution >= 0.6 is 0 Å². The van der Waals surface area contributed by atoms with Gasteiger partial charge in [0.15, 0.2) is 6.29 Å². The molecule has 0 saturated heterocycles. The number of aromatic hydroxyl groups is 1. The van der Waals surface area contributed by atoms with Crippen LogP contribution in [-0.2, 0) is 5.41 Å². The third kappa shape index (κ3) is 2.43. The van der Waals surface area contributed by atoms with Gasteiger partial charge in [-0.2, -0.15) is 0 Å². The number of hydrogen-bond acceptors (Lipinski definition) is 2. The lowest BCUT2D eigenvalue weighted by atomic mass is 9.83. The molecule has 0 atom stereocenters. The first-order chi connectivity index (χ1) is 7.27. The maximum absolute atomic E-state index is 10.9. The summed E-state index contributed by atoms with van der Waals surface area (Å²) >= 11 is 0. The number of carbonyl (C=O) groups is 1. The van der Waals surface area contributed by atoms with Crippen molar-refractivity contribution in [1.82, 2.24) is 0 Å². The summed E-state index contributed by atoms with van der Waals surface area (Å²) in [7, 11) is 0.